The topological polar surface area (TPSA) is 78.0 Å². The van der Waals surface area contributed by atoms with E-state index in [0.717, 1.165) is 19.4 Å². The van der Waals surface area contributed by atoms with Crippen molar-refractivity contribution in [1.82, 2.24) is 9.97 Å². The SMILES string of the molecule is CCc1nc(NCC2CCCCC2CO)cc(=O)[nH]1. The molecule has 0 amide bonds. The Bertz CT molecular complexity index is 458. The molecule has 0 radical (unpaired) electrons. The summed E-state index contributed by atoms with van der Waals surface area (Å²) in [6.45, 7) is 3.01. The lowest BCUT2D eigenvalue weighted by Gasteiger charge is -2.30. The molecule has 0 spiro atoms. The largest absolute Gasteiger partial charge is 0.396 e. The lowest BCUT2D eigenvalue weighted by atomic mass is 9.79. The molecule has 3 N–H and O–H groups in total. The molecular formula is C14H23N3O2. The monoisotopic (exact) mass is 265 g/mol. The van der Waals surface area contributed by atoms with Crippen LogP contribution in [0.5, 0.6) is 0 Å². The maximum atomic E-state index is 11.5. The molecule has 0 aliphatic heterocycles. The molecule has 1 aliphatic carbocycles. The Morgan fingerprint density at radius 2 is 2.16 bits per heavy atom. The third kappa shape index (κ3) is 3.80. The summed E-state index contributed by atoms with van der Waals surface area (Å²) < 4.78 is 0. The Hall–Kier alpha value is -1.36. The van der Waals surface area contributed by atoms with E-state index in [2.05, 4.69) is 15.3 Å². The van der Waals surface area contributed by atoms with Crippen LogP contribution in [0, 0.1) is 11.8 Å². The number of aromatic amines is 1. The zero-order valence-corrected chi connectivity index (χ0v) is 11.5. The lowest BCUT2D eigenvalue weighted by molar-refractivity contribution is 0.141. The van der Waals surface area contributed by atoms with Crippen LogP contribution in [-0.2, 0) is 6.42 Å². The predicted octanol–water partition coefficient (Wildman–Crippen LogP) is 1.54. The molecule has 5 heteroatoms. The summed E-state index contributed by atoms with van der Waals surface area (Å²) in [7, 11) is 0. The number of hydrogen-bond donors (Lipinski definition) is 3. The average Bonchev–Trinajstić information content (AvgIpc) is 2.44. The van der Waals surface area contributed by atoms with Crippen LogP contribution in [0.25, 0.3) is 0 Å². The fourth-order valence-electron chi connectivity index (χ4n) is 2.80. The summed E-state index contributed by atoms with van der Waals surface area (Å²) >= 11 is 0. The van der Waals surface area contributed by atoms with Crippen molar-refractivity contribution in [2.45, 2.75) is 39.0 Å². The highest BCUT2D eigenvalue weighted by Crippen LogP contribution is 2.29. The molecule has 5 nitrogen and oxygen atoms in total. The zero-order valence-electron chi connectivity index (χ0n) is 11.5. The number of anilines is 1. The van der Waals surface area contributed by atoms with Gasteiger partial charge in [-0.05, 0) is 24.7 Å². The number of H-pyrrole nitrogens is 1. The maximum absolute atomic E-state index is 11.5. The van der Waals surface area contributed by atoms with Crippen molar-refractivity contribution in [3.63, 3.8) is 0 Å². The minimum atomic E-state index is -0.114. The lowest BCUT2D eigenvalue weighted by Crippen LogP contribution is -2.29. The van der Waals surface area contributed by atoms with Gasteiger partial charge in [-0.2, -0.15) is 0 Å². The van der Waals surface area contributed by atoms with Crippen molar-refractivity contribution >= 4 is 5.82 Å². The second-order valence-corrected chi connectivity index (χ2v) is 5.30. The highest BCUT2D eigenvalue weighted by molar-refractivity contribution is 5.33. The Morgan fingerprint density at radius 3 is 2.84 bits per heavy atom. The molecule has 0 aromatic carbocycles. The van der Waals surface area contributed by atoms with E-state index in [1.807, 2.05) is 6.92 Å². The molecule has 1 aromatic heterocycles. The van der Waals surface area contributed by atoms with Crippen LogP contribution in [0.2, 0.25) is 0 Å². The molecule has 0 saturated heterocycles. The standard InChI is InChI=1S/C14H23N3O2/c1-2-12-16-13(7-14(19)17-12)15-8-10-5-3-4-6-11(10)9-18/h7,10-11,18H,2-6,8-9H2,1H3,(H2,15,16,17,19). The molecule has 1 aliphatic rings. The quantitative estimate of drug-likeness (QED) is 0.754. The zero-order chi connectivity index (χ0) is 13.7. The number of nitrogens with one attached hydrogen (secondary N) is 2. The summed E-state index contributed by atoms with van der Waals surface area (Å²) in [6, 6.07) is 1.50. The van der Waals surface area contributed by atoms with Crippen LogP contribution in [0.4, 0.5) is 5.82 Å². The summed E-state index contributed by atoms with van der Waals surface area (Å²) in [6.07, 6.45) is 5.40. The number of aliphatic hydroxyl groups excluding tert-OH is 1. The van der Waals surface area contributed by atoms with Crippen molar-refractivity contribution in [1.29, 1.82) is 0 Å². The fourth-order valence-corrected chi connectivity index (χ4v) is 2.80. The van der Waals surface area contributed by atoms with Gasteiger partial charge in [-0.25, -0.2) is 4.98 Å². The average molecular weight is 265 g/mol. The van der Waals surface area contributed by atoms with E-state index in [1.165, 1.54) is 18.9 Å². The van der Waals surface area contributed by atoms with Gasteiger partial charge in [0.1, 0.15) is 11.6 Å². The van der Waals surface area contributed by atoms with Gasteiger partial charge in [-0.15, -0.1) is 0 Å². The van der Waals surface area contributed by atoms with Crippen LogP contribution >= 0.6 is 0 Å². The van der Waals surface area contributed by atoms with E-state index >= 15 is 0 Å². The fraction of sp³-hybridized carbons (Fsp3) is 0.714. The van der Waals surface area contributed by atoms with Crippen LogP contribution in [0.1, 0.15) is 38.4 Å². The van der Waals surface area contributed by atoms with E-state index in [1.54, 1.807) is 0 Å². The first-order chi connectivity index (χ1) is 9.22. The van der Waals surface area contributed by atoms with E-state index in [9.17, 15) is 9.90 Å². The Morgan fingerprint density at radius 1 is 1.42 bits per heavy atom. The Labute approximate surface area is 113 Å². The second kappa shape index (κ2) is 6.70. The highest BCUT2D eigenvalue weighted by atomic mass is 16.3. The molecule has 1 heterocycles. The maximum Gasteiger partial charge on any atom is 0.252 e. The molecular weight excluding hydrogens is 242 g/mol. The number of nitrogens with zero attached hydrogens (tertiary/aromatic N) is 1. The van der Waals surface area contributed by atoms with Crippen molar-refractivity contribution < 1.29 is 5.11 Å². The first-order valence-corrected chi connectivity index (χ1v) is 7.18. The van der Waals surface area contributed by atoms with Gasteiger partial charge in [0.15, 0.2) is 0 Å². The minimum absolute atomic E-state index is 0.114. The molecule has 0 bridgehead atoms. The van der Waals surface area contributed by atoms with Gasteiger partial charge < -0.3 is 15.4 Å². The van der Waals surface area contributed by atoms with Crippen molar-refractivity contribution in [2.24, 2.45) is 11.8 Å². The summed E-state index contributed by atoms with van der Waals surface area (Å²) in [5, 5.41) is 12.6. The van der Waals surface area contributed by atoms with Crippen LogP contribution in [0.15, 0.2) is 10.9 Å². The molecule has 106 valence electrons. The van der Waals surface area contributed by atoms with Crippen LogP contribution in [0.3, 0.4) is 0 Å². The molecule has 2 unspecified atom stereocenters. The van der Waals surface area contributed by atoms with Gasteiger partial charge in [0.05, 0.1) is 0 Å². The van der Waals surface area contributed by atoms with E-state index in [0.29, 0.717) is 29.9 Å². The molecule has 1 fully saturated rings. The number of aryl methyl sites for hydroxylation is 1. The Balaban J connectivity index is 1.97. The predicted molar refractivity (Wildman–Crippen MR) is 75.3 cm³/mol. The van der Waals surface area contributed by atoms with E-state index in [4.69, 9.17) is 0 Å². The van der Waals surface area contributed by atoms with Crippen LogP contribution < -0.4 is 10.9 Å². The van der Waals surface area contributed by atoms with E-state index < -0.39 is 0 Å². The van der Waals surface area contributed by atoms with Gasteiger partial charge in [0.25, 0.3) is 5.56 Å². The smallest absolute Gasteiger partial charge is 0.252 e. The van der Waals surface area contributed by atoms with Gasteiger partial charge in [0.2, 0.25) is 0 Å². The number of hydrogen-bond acceptors (Lipinski definition) is 4. The molecule has 19 heavy (non-hydrogen) atoms. The molecule has 2 rings (SSSR count). The Kier molecular flexibility index (Phi) is 4.96. The number of aromatic nitrogens is 2. The summed E-state index contributed by atoms with van der Waals surface area (Å²) in [4.78, 5) is 18.5. The first kappa shape index (κ1) is 14.1. The van der Waals surface area contributed by atoms with E-state index in [-0.39, 0.29) is 12.2 Å². The minimum Gasteiger partial charge on any atom is -0.396 e. The molecule has 2 atom stereocenters. The van der Waals surface area contributed by atoms with Crippen molar-refractivity contribution in [3.05, 3.63) is 22.2 Å². The number of aliphatic hydroxyl groups is 1. The first-order valence-electron chi connectivity index (χ1n) is 7.18. The van der Waals surface area contributed by atoms with Gasteiger partial charge in [-0.1, -0.05) is 19.8 Å². The normalized spacial score (nSPS) is 23.3. The highest BCUT2D eigenvalue weighted by Gasteiger charge is 2.24. The van der Waals surface area contributed by atoms with Crippen LogP contribution in [-0.4, -0.2) is 28.2 Å². The van der Waals surface area contributed by atoms with Gasteiger partial charge >= 0.3 is 0 Å². The summed E-state index contributed by atoms with van der Waals surface area (Å²) in [5.41, 5.74) is -0.114. The van der Waals surface area contributed by atoms with Crippen molar-refractivity contribution in [3.8, 4) is 0 Å². The van der Waals surface area contributed by atoms with Gasteiger partial charge in [0, 0.05) is 25.6 Å². The third-order valence-electron chi connectivity index (χ3n) is 3.97. The van der Waals surface area contributed by atoms with Crippen molar-refractivity contribution in [2.75, 3.05) is 18.5 Å². The third-order valence-corrected chi connectivity index (χ3v) is 3.97. The van der Waals surface area contributed by atoms with Gasteiger partial charge in [-0.3, -0.25) is 4.79 Å². The molecule has 1 aromatic rings. The second-order valence-electron chi connectivity index (χ2n) is 5.30. The number of rotatable bonds is 5. The summed E-state index contributed by atoms with van der Waals surface area (Å²) in [5.74, 6) is 2.21. The molecule has 1 saturated carbocycles.